The minimum Gasteiger partial charge on any atom is -0.316 e. The van der Waals surface area contributed by atoms with E-state index in [2.05, 4.69) is 10.0 Å². The predicted octanol–water partition coefficient (Wildman–Crippen LogP) is -0.315. The molecule has 0 saturated heterocycles. The van der Waals surface area contributed by atoms with Crippen molar-refractivity contribution in [2.45, 2.75) is 11.8 Å². The third-order valence-corrected chi connectivity index (χ3v) is 4.43. The van der Waals surface area contributed by atoms with Crippen LogP contribution in [0.4, 0.5) is 5.69 Å². The Balaban J connectivity index is 2.83. The molecule has 0 atom stereocenters. The van der Waals surface area contributed by atoms with Gasteiger partial charge in [-0.2, -0.15) is 0 Å². The summed E-state index contributed by atoms with van der Waals surface area (Å²) < 4.78 is 48.0. The van der Waals surface area contributed by atoms with Crippen LogP contribution in [0.15, 0.2) is 29.2 Å². The minimum absolute atomic E-state index is 0.0968. The Morgan fingerprint density at radius 3 is 2.47 bits per heavy atom. The average molecular weight is 307 g/mol. The molecule has 0 aliphatic rings. The van der Waals surface area contributed by atoms with Gasteiger partial charge in [0, 0.05) is 12.2 Å². The molecular formula is C10H17N3O4S2. The highest BCUT2D eigenvalue weighted by atomic mass is 32.2. The average Bonchev–Trinajstić information content (AvgIpc) is 2.27. The maximum atomic E-state index is 11.7. The molecule has 1 rings (SSSR count). The number of sulfonamides is 2. The summed E-state index contributed by atoms with van der Waals surface area (Å²) in [6, 6.07) is 5.35. The van der Waals surface area contributed by atoms with Gasteiger partial charge in [-0.1, -0.05) is 13.0 Å². The standard InChI is InChI=1S/C10H17N3O4S2/c1-2-12-6-7-18(14,15)13-9-4-3-5-10(8-9)19(11,16)17/h3-5,8,12-13H,2,6-7H2,1H3,(H2,11,16,17). The van der Waals surface area contributed by atoms with Gasteiger partial charge in [-0.25, -0.2) is 22.0 Å². The summed E-state index contributed by atoms with van der Waals surface area (Å²) in [5.41, 5.74) is 0.169. The molecule has 9 heteroatoms. The second kappa shape index (κ2) is 6.33. The third kappa shape index (κ3) is 5.55. The molecule has 0 bridgehead atoms. The first-order chi connectivity index (χ1) is 8.74. The molecule has 0 fully saturated rings. The maximum absolute atomic E-state index is 11.7. The molecule has 0 radical (unpaired) electrons. The van der Waals surface area contributed by atoms with E-state index in [9.17, 15) is 16.8 Å². The van der Waals surface area contributed by atoms with E-state index in [-0.39, 0.29) is 16.3 Å². The van der Waals surface area contributed by atoms with Crippen molar-refractivity contribution in [3.05, 3.63) is 24.3 Å². The Labute approximate surface area is 113 Å². The van der Waals surface area contributed by atoms with Crippen molar-refractivity contribution in [3.63, 3.8) is 0 Å². The molecule has 4 N–H and O–H groups in total. The molecule has 108 valence electrons. The van der Waals surface area contributed by atoms with E-state index >= 15 is 0 Å². The maximum Gasteiger partial charge on any atom is 0.238 e. The lowest BCUT2D eigenvalue weighted by molar-refractivity contribution is 0.595. The summed E-state index contributed by atoms with van der Waals surface area (Å²) in [6.45, 7) is 2.87. The van der Waals surface area contributed by atoms with Gasteiger partial charge in [-0.15, -0.1) is 0 Å². The topological polar surface area (TPSA) is 118 Å². The second-order valence-corrected chi connectivity index (χ2v) is 7.25. The normalized spacial score (nSPS) is 12.3. The van der Waals surface area contributed by atoms with Crippen LogP contribution in [0.5, 0.6) is 0 Å². The summed E-state index contributed by atoms with van der Waals surface area (Å²) in [4.78, 5) is -0.139. The molecule has 1 aromatic carbocycles. The first-order valence-electron chi connectivity index (χ1n) is 5.58. The highest BCUT2D eigenvalue weighted by Crippen LogP contribution is 2.15. The van der Waals surface area contributed by atoms with Gasteiger partial charge in [0.2, 0.25) is 20.0 Å². The summed E-state index contributed by atoms with van der Waals surface area (Å²) in [5, 5.41) is 7.86. The van der Waals surface area contributed by atoms with Gasteiger partial charge in [0.1, 0.15) is 0 Å². The van der Waals surface area contributed by atoms with Gasteiger partial charge in [-0.3, -0.25) is 4.72 Å². The van der Waals surface area contributed by atoms with Crippen LogP contribution in [0.2, 0.25) is 0 Å². The lowest BCUT2D eigenvalue weighted by Gasteiger charge is -2.09. The zero-order valence-corrected chi connectivity index (χ0v) is 12.1. The quantitative estimate of drug-likeness (QED) is 0.597. The van der Waals surface area contributed by atoms with Crippen LogP contribution in [-0.2, 0) is 20.0 Å². The molecule has 0 spiro atoms. The molecule has 19 heavy (non-hydrogen) atoms. The van der Waals surface area contributed by atoms with Gasteiger partial charge in [0.05, 0.1) is 10.6 Å². The van der Waals surface area contributed by atoms with E-state index in [0.29, 0.717) is 13.1 Å². The summed E-state index contributed by atoms with van der Waals surface area (Å²) >= 11 is 0. The van der Waals surface area contributed by atoms with Crippen LogP contribution in [0, 0.1) is 0 Å². The van der Waals surface area contributed by atoms with Crippen LogP contribution in [0.25, 0.3) is 0 Å². The van der Waals surface area contributed by atoms with Crippen molar-refractivity contribution >= 4 is 25.7 Å². The fourth-order valence-electron chi connectivity index (χ4n) is 1.35. The van der Waals surface area contributed by atoms with Gasteiger partial charge in [0.25, 0.3) is 0 Å². The molecule has 0 unspecified atom stereocenters. The second-order valence-electron chi connectivity index (χ2n) is 3.85. The predicted molar refractivity (Wildman–Crippen MR) is 73.8 cm³/mol. The fraction of sp³-hybridized carbons (Fsp3) is 0.400. The summed E-state index contributed by atoms with van der Waals surface area (Å²) in [7, 11) is -7.37. The van der Waals surface area contributed by atoms with E-state index in [1.54, 1.807) is 0 Å². The highest BCUT2D eigenvalue weighted by Gasteiger charge is 2.12. The molecule has 0 heterocycles. The van der Waals surface area contributed by atoms with Crippen LogP contribution in [0.1, 0.15) is 6.92 Å². The number of nitrogens with two attached hydrogens (primary N) is 1. The Hall–Kier alpha value is -1.16. The molecule has 1 aromatic rings. The first-order valence-corrected chi connectivity index (χ1v) is 8.78. The Kier molecular flexibility index (Phi) is 5.29. The van der Waals surface area contributed by atoms with Crippen molar-refractivity contribution in [3.8, 4) is 0 Å². The lowest BCUT2D eigenvalue weighted by atomic mass is 10.3. The number of anilines is 1. The van der Waals surface area contributed by atoms with Crippen LogP contribution >= 0.6 is 0 Å². The Morgan fingerprint density at radius 2 is 1.89 bits per heavy atom. The van der Waals surface area contributed by atoms with Crippen molar-refractivity contribution < 1.29 is 16.8 Å². The molecule has 0 aromatic heterocycles. The van der Waals surface area contributed by atoms with E-state index < -0.39 is 20.0 Å². The number of benzene rings is 1. The van der Waals surface area contributed by atoms with Gasteiger partial charge >= 0.3 is 0 Å². The molecule has 0 aliphatic carbocycles. The Bertz CT molecular complexity index is 626. The molecule has 0 amide bonds. The number of primary sulfonamides is 1. The molecule has 0 saturated carbocycles. The number of hydrogen-bond acceptors (Lipinski definition) is 5. The van der Waals surface area contributed by atoms with Crippen LogP contribution in [0.3, 0.4) is 0 Å². The number of hydrogen-bond donors (Lipinski definition) is 3. The molecule has 0 aliphatic heterocycles. The summed E-state index contributed by atoms with van der Waals surface area (Å²) in [5.74, 6) is -0.0968. The Morgan fingerprint density at radius 1 is 1.21 bits per heavy atom. The van der Waals surface area contributed by atoms with E-state index in [0.717, 1.165) is 0 Å². The van der Waals surface area contributed by atoms with Crippen molar-refractivity contribution in [2.24, 2.45) is 5.14 Å². The zero-order valence-electron chi connectivity index (χ0n) is 10.5. The van der Waals surface area contributed by atoms with Crippen molar-refractivity contribution in [1.82, 2.24) is 5.32 Å². The van der Waals surface area contributed by atoms with Crippen LogP contribution in [-0.4, -0.2) is 35.7 Å². The molecular weight excluding hydrogens is 290 g/mol. The smallest absolute Gasteiger partial charge is 0.238 e. The van der Waals surface area contributed by atoms with E-state index in [1.807, 2.05) is 6.92 Å². The number of nitrogens with one attached hydrogen (secondary N) is 2. The third-order valence-electron chi connectivity index (χ3n) is 2.23. The zero-order chi connectivity index (χ0) is 14.5. The summed E-state index contributed by atoms with van der Waals surface area (Å²) in [6.07, 6.45) is 0. The highest BCUT2D eigenvalue weighted by molar-refractivity contribution is 7.92. The number of rotatable bonds is 7. The largest absolute Gasteiger partial charge is 0.316 e. The minimum atomic E-state index is -3.85. The SMILES string of the molecule is CCNCCS(=O)(=O)Nc1cccc(S(N)(=O)=O)c1. The first kappa shape index (κ1) is 15.9. The monoisotopic (exact) mass is 307 g/mol. The van der Waals surface area contributed by atoms with Crippen molar-refractivity contribution in [2.75, 3.05) is 23.6 Å². The van der Waals surface area contributed by atoms with Gasteiger partial charge in [0.15, 0.2) is 0 Å². The van der Waals surface area contributed by atoms with Gasteiger partial charge < -0.3 is 5.32 Å². The van der Waals surface area contributed by atoms with E-state index in [4.69, 9.17) is 5.14 Å². The lowest BCUT2D eigenvalue weighted by Crippen LogP contribution is -2.26. The van der Waals surface area contributed by atoms with Crippen molar-refractivity contribution in [1.29, 1.82) is 0 Å². The fourth-order valence-corrected chi connectivity index (χ4v) is 2.91. The van der Waals surface area contributed by atoms with Crippen LogP contribution < -0.4 is 15.2 Å². The molecule has 7 nitrogen and oxygen atoms in total. The van der Waals surface area contributed by atoms with E-state index in [1.165, 1.54) is 24.3 Å². The van der Waals surface area contributed by atoms with Gasteiger partial charge in [-0.05, 0) is 24.7 Å².